The van der Waals surface area contributed by atoms with Gasteiger partial charge in [-0.15, -0.1) is 0 Å². The van der Waals surface area contributed by atoms with Crippen LogP contribution in [0.4, 0.5) is 34.1 Å². The first-order chi connectivity index (χ1) is 61.3. The highest BCUT2D eigenvalue weighted by Gasteiger charge is 2.47. The molecule has 5 heteroatoms. The zero-order valence-corrected chi connectivity index (χ0v) is 67.8. The summed E-state index contributed by atoms with van der Waals surface area (Å²) in [6.45, 7) is 38.2. The van der Waals surface area contributed by atoms with Crippen LogP contribution in [0.25, 0.3) is 111 Å². The molecular formula is C108H103BN4. The van der Waals surface area contributed by atoms with Crippen molar-refractivity contribution in [3.8, 4) is 67.0 Å². The molecule has 18 rings (SSSR count). The third-order valence-electron chi connectivity index (χ3n) is 23.1. The second-order valence-corrected chi connectivity index (χ2v) is 36.9. The highest BCUT2D eigenvalue weighted by atomic mass is 15.2. The number of nitrogens with zero attached hydrogens (tertiary/aromatic N) is 4. The van der Waals surface area contributed by atoms with Crippen LogP contribution in [0.15, 0.2) is 297 Å². The van der Waals surface area contributed by atoms with Crippen LogP contribution in [0.1, 0.15) is 183 Å². The lowest BCUT2D eigenvalue weighted by Gasteiger charge is -2.46. The van der Waals surface area contributed by atoms with Gasteiger partial charge in [0.05, 0.1) is 58.1 Å². The fraction of sp³-hybridized carbons (Fsp3) is 0.222. The second-order valence-electron chi connectivity index (χ2n) is 36.9. The van der Waals surface area contributed by atoms with Gasteiger partial charge in [-0.05, 0) is 200 Å². The SMILES string of the molecule is [2H]c1cc(-n2c3c([2H])c([2H])c([2H])c([2H])c3c3c([2H])c([2H])c([2H])c([2H])c32)cc2c1B1c3c([2H])cc(-n4c5c([2H])c([2H])c([2H])c([2H])c5c5c([2H])c([2H])c([2H])c([2H])c54)cc3N(c3c(-c4cccc(C(C)(C)C)c4)cc(C(C)(C)C)cc3-c3cccc(C(C)(C)C)c3)c3cc(-c4ccccc4)cc(c31)N2c1c(-c2cccc(C(C)(C)C)c2)cc(C(C)(C)C)cc1-c1cccc(C(C)(C)C)c1. The van der Waals surface area contributed by atoms with Crippen molar-refractivity contribution in [3.05, 3.63) is 330 Å². The minimum atomic E-state index is -1.20. The highest BCUT2D eigenvalue weighted by Crippen LogP contribution is 2.57. The lowest BCUT2D eigenvalue weighted by atomic mass is 9.33. The molecule has 16 aromatic rings. The summed E-state index contributed by atoms with van der Waals surface area (Å²) in [4.78, 5) is 4.48. The Kier molecular flexibility index (Phi) is 12.9. The Labute approximate surface area is 695 Å². The molecule has 0 saturated carbocycles. The highest BCUT2D eigenvalue weighted by molar-refractivity contribution is 7.00. The number of aromatic nitrogens is 2. The average Bonchev–Trinajstić information content (AvgIpc) is 1.27. The van der Waals surface area contributed by atoms with Crippen LogP contribution in [0, 0.1) is 0 Å². The molecule has 4 heterocycles. The van der Waals surface area contributed by atoms with Crippen LogP contribution in [-0.4, -0.2) is 15.8 Å². The lowest BCUT2D eigenvalue weighted by molar-refractivity contribution is 0.589. The van der Waals surface area contributed by atoms with Crippen LogP contribution >= 0.6 is 0 Å². The molecule has 2 aromatic heterocycles. The predicted octanol–water partition coefficient (Wildman–Crippen LogP) is 28.1. The maximum atomic E-state index is 11.7. The van der Waals surface area contributed by atoms with Crippen LogP contribution in [0.3, 0.4) is 0 Å². The van der Waals surface area contributed by atoms with Gasteiger partial charge in [0.1, 0.15) is 0 Å². The van der Waals surface area contributed by atoms with Gasteiger partial charge in [-0.1, -0.05) is 337 Å². The molecule has 0 unspecified atom stereocenters. The van der Waals surface area contributed by atoms with Crippen molar-refractivity contribution in [2.45, 2.75) is 157 Å². The minimum Gasteiger partial charge on any atom is -0.310 e. The average molecular weight is 1490 g/mol. The van der Waals surface area contributed by atoms with Crippen LogP contribution < -0.4 is 26.2 Å². The summed E-state index contributed by atoms with van der Waals surface area (Å²) in [6, 6.07) is 55.3. The summed E-state index contributed by atoms with van der Waals surface area (Å²) >= 11 is 0. The first kappa shape index (κ1) is 54.9. The quantitative estimate of drug-likeness (QED) is 0.134. The molecule has 0 aliphatic carbocycles. The third-order valence-corrected chi connectivity index (χ3v) is 23.1. The molecule has 0 amide bonds. The summed E-state index contributed by atoms with van der Waals surface area (Å²) in [5.74, 6) is 0. The monoisotopic (exact) mass is 1480 g/mol. The molecule has 0 spiro atoms. The molecule has 0 fully saturated rings. The predicted molar refractivity (Wildman–Crippen MR) is 489 cm³/mol. The van der Waals surface area contributed by atoms with Crippen molar-refractivity contribution >= 4 is 101 Å². The van der Waals surface area contributed by atoms with E-state index < -0.39 is 114 Å². The Hall–Kier alpha value is -11.7. The van der Waals surface area contributed by atoms with Crippen molar-refractivity contribution in [1.29, 1.82) is 0 Å². The molecule has 0 radical (unpaired) electrons. The Morgan fingerprint density at radius 3 is 0.823 bits per heavy atom. The normalized spacial score (nSPS) is 15.6. The van der Waals surface area contributed by atoms with Gasteiger partial charge in [-0.25, -0.2) is 0 Å². The number of benzene rings is 14. The van der Waals surface area contributed by atoms with Crippen molar-refractivity contribution in [1.82, 2.24) is 9.13 Å². The van der Waals surface area contributed by atoms with E-state index in [-0.39, 0.29) is 88.7 Å². The first-order valence-corrected chi connectivity index (χ1v) is 39.3. The molecule has 113 heavy (non-hydrogen) atoms. The summed E-state index contributed by atoms with van der Waals surface area (Å²) in [5, 5.41) is -0.625. The topological polar surface area (TPSA) is 16.3 Å². The van der Waals surface area contributed by atoms with Crippen molar-refractivity contribution in [2.75, 3.05) is 9.80 Å². The van der Waals surface area contributed by atoms with E-state index in [4.69, 9.17) is 0 Å². The van der Waals surface area contributed by atoms with E-state index in [1.807, 2.05) is 30.3 Å². The van der Waals surface area contributed by atoms with Gasteiger partial charge < -0.3 is 18.9 Å². The second kappa shape index (κ2) is 26.5. The maximum absolute atomic E-state index is 11.7. The van der Waals surface area contributed by atoms with Gasteiger partial charge in [-0.2, -0.15) is 0 Å². The standard InChI is InChI=1S/C108H103BN4/c1-103(2,3)74-40-30-36-69(56-74)86-62-78(107(13,14)15)63-87(70-37-31-41-75(57-70)104(4,5)6)101(86)112-96-66-80(110-92-48-26-22-44-82(92)83-45-23-27-49-93(83)110)52-54-90(96)109-91-55-53-81(111-94-50-28-24-46-84(94)85-47-25-29-51-95(85)111)67-97(91)113(99-61-73(60-98(112)100(99)109)68-34-20-19-21-35-68)102-88(71-38-32-42-76(58-71)105(7,8)9)64-79(108(16,17)18)65-89(102)72-39-33-43-77(59-72)106(10,11)12/h19-67H,1-18H3/i22D,23D,24D,25D,26D,27D,28D,29D,44D,45D,46D,47D,48D,49D,50D,51D,54D,55D. The fourth-order valence-corrected chi connectivity index (χ4v) is 16.8. The molecule has 2 aliphatic rings. The van der Waals surface area contributed by atoms with E-state index in [2.05, 4.69) is 280 Å². The molecule has 14 aromatic carbocycles. The molecule has 0 N–H and O–H groups in total. The largest absolute Gasteiger partial charge is 0.310 e. The third kappa shape index (κ3) is 12.5. The van der Waals surface area contributed by atoms with E-state index in [1.165, 1.54) is 9.13 Å². The van der Waals surface area contributed by atoms with Crippen molar-refractivity contribution in [2.24, 2.45) is 0 Å². The van der Waals surface area contributed by atoms with Crippen LogP contribution in [-0.2, 0) is 32.5 Å². The van der Waals surface area contributed by atoms with Gasteiger partial charge in [0.2, 0.25) is 0 Å². The van der Waals surface area contributed by atoms with Crippen molar-refractivity contribution < 1.29 is 24.7 Å². The minimum absolute atomic E-state index is 0.0957. The van der Waals surface area contributed by atoms with Crippen LogP contribution in [0.2, 0.25) is 0 Å². The van der Waals surface area contributed by atoms with Crippen LogP contribution in [0.5, 0.6) is 0 Å². The van der Waals surface area contributed by atoms with Gasteiger partial charge in [0, 0.05) is 77.9 Å². The number of hydrogen-bond donors (Lipinski definition) is 0. The summed E-state index contributed by atoms with van der Waals surface area (Å²) in [5.41, 5.74) is 15.5. The van der Waals surface area contributed by atoms with E-state index in [0.29, 0.717) is 56.1 Å². The number of anilines is 6. The zero-order chi connectivity index (χ0) is 94.4. The Morgan fingerprint density at radius 1 is 0.248 bits per heavy atom. The lowest BCUT2D eigenvalue weighted by Crippen LogP contribution is -2.61. The number of fused-ring (bicyclic) bond motifs is 10. The molecular weight excluding hydrogens is 1360 g/mol. The Morgan fingerprint density at radius 2 is 0.531 bits per heavy atom. The van der Waals surface area contributed by atoms with E-state index >= 15 is 0 Å². The molecule has 0 atom stereocenters. The maximum Gasteiger partial charge on any atom is 0.252 e. The number of para-hydroxylation sites is 4. The number of hydrogen-bond acceptors (Lipinski definition) is 2. The molecule has 4 nitrogen and oxygen atoms in total. The van der Waals surface area contributed by atoms with Crippen molar-refractivity contribution in [3.63, 3.8) is 0 Å². The van der Waals surface area contributed by atoms with Gasteiger partial charge in [-0.3, -0.25) is 0 Å². The first-order valence-electron chi connectivity index (χ1n) is 48.3. The summed E-state index contributed by atoms with van der Waals surface area (Å²) in [6.07, 6.45) is 0. The van der Waals surface area contributed by atoms with E-state index in [9.17, 15) is 24.7 Å². The molecule has 2 aliphatic heterocycles. The Balaban J connectivity index is 1.13. The van der Waals surface area contributed by atoms with E-state index in [1.54, 1.807) is 12.1 Å². The zero-order valence-electron chi connectivity index (χ0n) is 85.8. The van der Waals surface area contributed by atoms with Gasteiger partial charge in [0.15, 0.2) is 0 Å². The smallest absolute Gasteiger partial charge is 0.252 e. The van der Waals surface area contributed by atoms with E-state index in [0.717, 1.165) is 83.5 Å². The Bertz CT molecular complexity index is 6910. The number of rotatable bonds is 9. The fourth-order valence-electron chi connectivity index (χ4n) is 16.8. The van der Waals surface area contributed by atoms with Gasteiger partial charge >= 0.3 is 0 Å². The molecule has 558 valence electrons. The van der Waals surface area contributed by atoms with Gasteiger partial charge in [0.25, 0.3) is 6.71 Å². The summed E-state index contributed by atoms with van der Waals surface area (Å²) < 4.78 is 180. The summed E-state index contributed by atoms with van der Waals surface area (Å²) in [7, 11) is 0. The molecule has 0 saturated heterocycles. The molecule has 0 bridgehead atoms.